The van der Waals surface area contributed by atoms with E-state index in [-0.39, 0.29) is 0 Å². The Morgan fingerprint density at radius 1 is 1.24 bits per heavy atom. The van der Waals surface area contributed by atoms with E-state index in [2.05, 4.69) is 22.0 Å². The summed E-state index contributed by atoms with van der Waals surface area (Å²) >= 11 is 9.68. The fourth-order valence-corrected chi connectivity index (χ4v) is 3.13. The van der Waals surface area contributed by atoms with Crippen molar-refractivity contribution in [3.63, 3.8) is 0 Å². The lowest BCUT2D eigenvalue weighted by molar-refractivity contribution is 0.217. The van der Waals surface area contributed by atoms with Gasteiger partial charge in [0.15, 0.2) is 0 Å². The first-order chi connectivity index (χ1) is 10.3. The van der Waals surface area contributed by atoms with Crippen molar-refractivity contribution in [2.45, 2.75) is 17.7 Å². The van der Waals surface area contributed by atoms with Crippen LogP contribution in [0, 0.1) is 0 Å². The van der Waals surface area contributed by atoms with E-state index in [4.69, 9.17) is 21.1 Å². The van der Waals surface area contributed by atoms with E-state index in [0.29, 0.717) is 17.5 Å². The molecule has 0 N–H and O–H groups in total. The molecule has 4 heteroatoms. The van der Waals surface area contributed by atoms with E-state index in [9.17, 15) is 0 Å². The van der Waals surface area contributed by atoms with Crippen LogP contribution in [-0.4, -0.2) is 13.2 Å². The zero-order valence-corrected chi connectivity index (χ0v) is 13.9. The molecule has 0 spiro atoms. The highest BCUT2D eigenvalue weighted by molar-refractivity contribution is 9.08. The minimum absolute atomic E-state index is 0.349. The van der Waals surface area contributed by atoms with Gasteiger partial charge in [0.25, 0.3) is 0 Å². The molecule has 0 saturated carbocycles. The first kappa shape index (κ1) is 14.7. The highest BCUT2D eigenvalue weighted by Gasteiger charge is 2.21. The topological polar surface area (TPSA) is 18.5 Å². The van der Waals surface area contributed by atoms with Crippen molar-refractivity contribution in [2.75, 3.05) is 13.2 Å². The van der Waals surface area contributed by atoms with Crippen LogP contribution < -0.4 is 9.47 Å². The van der Waals surface area contributed by atoms with Gasteiger partial charge in [-0.05, 0) is 30.2 Å². The van der Waals surface area contributed by atoms with Crippen molar-refractivity contribution in [1.82, 2.24) is 0 Å². The minimum atomic E-state index is 0.349. The number of hydrogen-bond donors (Lipinski definition) is 0. The van der Waals surface area contributed by atoms with Crippen molar-refractivity contribution in [2.24, 2.45) is 0 Å². The number of benzene rings is 2. The maximum absolute atomic E-state index is 6.26. The molecule has 21 heavy (non-hydrogen) atoms. The van der Waals surface area contributed by atoms with E-state index < -0.39 is 0 Å². The molecule has 0 saturated heterocycles. The molecule has 110 valence electrons. The van der Waals surface area contributed by atoms with Crippen LogP contribution in [0.4, 0.5) is 0 Å². The van der Waals surface area contributed by atoms with Crippen molar-refractivity contribution in [3.05, 3.63) is 58.6 Å². The quantitative estimate of drug-likeness (QED) is 0.693. The Balaban J connectivity index is 1.71. The Morgan fingerprint density at radius 2 is 2.10 bits per heavy atom. The summed E-state index contributed by atoms with van der Waals surface area (Å²) in [6.45, 7) is 1.36. The SMILES string of the molecule is Clc1cc(CBr)ccc1OCC1CCOc2ccccc21. The predicted octanol–water partition coefficient (Wildman–Crippen LogP) is 5.18. The second-order valence-electron chi connectivity index (χ2n) is 5.08. The molecule has 2 nitrogen and oxygen atoms in total. The fourth-order valence-electron chi connectivity index (χ4n) is 2.52. The molecule has 2 aromatic carbocycles. The summed E-state index contributed by atoms with van der Waals surface area (Å²) in [5, 5.41) is 1.45. The molecule has 0 bridgehead atoms. The van der Waals surface area contributed by atoms with Gasteiger partial charge in [0.1, 0.15) is 11.5 Å². The number of rotatable bonds is 4. The van der Waals surface area contributed by atoms with Crippen LogP contribution in [0.5, 0.6) is 11.5 Å². The van der Waals surface area contributed by atoms with Crippen molar-refractivity contribution >= 4 is 27.5 Å². The first-order valence-electron chi connectivity index (χ1n) is 6.97. The number of hydrogen-bond acceptors (Lipinski definition) is 2. The number of fused-ring (bicyclic) bond motifs is 1. The molecule has 0 amide bonds. The maximum Gasteiger partial charge on any atom is 0.137 e. The van der Waals surface area contributed by atoms with Gasteiger partial charge in [-0.25, -0.2) is 0 Å². The van der Waals surface area contributed by atoms with Crippen LogP contribution in [0.2, 0.25) is 5.02 Å². The van der Waals surface area contributed by atoms with Gasteiger partial charge in [0, 0.05) is 16.8 Å². The van der Waals surface area contributed by atoms with E-state index in [1.165, 1.54) is 5.56 Å². The highest BCUT2D eigenvalue weighted by Crippen LogP contribution is 2.34. The van der Waals surface area contributed by atoms with Gasteiger partial charge in [0.05, 0.1) is 18.2 Å². The molecular formula is C17H16BrClO2. The summed E-state index contributed by atoms with van der Waals surface area (Å²) in [6.07, 6.45) is 0.966. The van der Waals surface area contributed by atoms with Crippen LogP contribution >= 0.6 is 27.5 Å². The van der Waals surface area contributed by atoms with Crippen LogP contribution in [0.15, 0.2) is 42.5 Å². The zero-order chi connectivity index (χ0) is 14.7. The summed E-state index contributed by atoms with van der Waals surface area (Å²) in [5.74, 6) is 2.06. The summed E-state index contributed by atoms with van der Waals surface area (Å²) in [7, 11) is 0. The second-order valence-corrected chi connectivity index (χ2v) is 6.05. The van der Waals surface area contributed by atoms with Gasteiger partial charge in [-0.2, -0.15) is 0 Å². The lowest BCUT2D eigenvalue weighted by Crippen LogP contribution is -2.19. The van der Waals surface area contributed by atoms with Crippen LogP contribution in [0.1, 0.15) is 23.5 Å². The molecule has 0 radical (unpaired) electrons. The molecule has 0 fully saturated rings. The normalized spacial score (nSPS) is 17.0. The van der Waals surface area contributed by atoms with Crippen LogP contribution in [-0.2, 0) is 5.33 Å². The first-order valence-corrected chi connectivity index (χ1v) is 8.47. The van der Waals surface area contributed by atoms with Crippen molar-refractivity contribution < 1.29 is 9.47 Å². The molecule has 1 atom stereocenters. The Hall–Kier alpha value is -1.19. The number of alkyl halides is 1. The van der Waals surface area contributed by atoms with E-state index in [1.807, 2.05) is 36.4 Å². The van der Waals surface area contributed by atoms with Crippen molar-refractivity contribution in [3.8, 4) is 11.5 Å². The van der Waals surface area contributed by atoms with Crippen LogP contribution in [0.25, 0.3) is 0 Å². The third kappa shape index (κ3) is 3.35. The van der Waals surface area contributed by atoms with E-state index in [1.54, 1.807) is 0 Å². The maximum atomic E-state index is 6.26. The molecule has 0 aromatic heterocycles. The largest absolute Gasteiger partial charge is 0.493 e. The summed E-state index contributed by atoms with van der Waals surface area (Å²) in [6, 6.07) is 14.1. The lowest BCUT2D eigenvalue weighted by Gasteiger charge is -2.26. The van der Waals surface area contributed by atoms with Gasteiger partial charge in [-0.15, -0.1) is 0 Å². The third-order valence-corrected chi connectivity index (χ3v) is 4.62. The van der Waals surface area contributed by atoms with Gasteiger partial charge in [-0.1, -0.05) is 51.8 Å². The average molecular weight is 368 g/mol. The second kappa shape index (κ2) is 6.71. The fraction of sp³-hybridized carbons (Fsp3) is 0.294. The number of para-hydroxylation sites is 1. The Labute approximate surface area is 138 Å². The van der Waals surface area contributed by atoms with Gasteiger partial charge in [-0.3, -0.25) is 0 Å². The molecule has 1 unspecified atom stereocenters. The highest BCUT2D eigenvalue weighted by atomic mass is 79.9. The molecule has 3 rings (SSSR count). The summed E-state index contributed by atoms with van der Waals surface area (Å²) in [5.41, 5.74) is 2.36. The summed E-state index contributed by atoms with van der Waals surface area (Å²) < 4.78 is 11.6. The molecule has 1 heterocycles. The molecule has 1 aliphatic rings. The molecular weight excluding hydrogens is 352 g/mol. The number of halogens is 2. The summed E-state index contributed by atoms with van der Waals surface area (Å²) in [4.78, 5) is 0. The van der Waals surface area contributed by atoms with Gasteiger partial charge in [0.2, 0.25) is 0 Å². The van der Waals surface area contributed by atoms with Gasteiger partial charge >= 0.3 is 0 Å². The lowest BCUT2D eigenvalue weighted by atomic mass is 9.94. The Bertz CT molecular complexity index is 630. The predicted molar refractivity (Wildman–Crippen MR) is 88.9 cm³/mol. The smallest absolute Gasteiger partial charge is 0.137 e. The minimum Gasteiger partial charge on any atom is -0.493 e. The van der Waals surface area contributed by atoms with Gasteiger partial charge < -0.3 is 9.47 Å². The Kier molecular flexibility index (Phi) is 4.71. The van der Waals surface area contributed by atoms with E-state index >= 15 is 0 Å². The molecule has 1 aliphatic heterocycles. The molecule has 0 aliphatic carbocycles. The van der Waals surface area contributed by atoms with Crippen LogP contribution in [0.3, 0.4) is 0 Å². The monoisotopic (exact) mass is 366 g/mol. The zero-order valence-electron chi connectivity index (χ0n) is 11.5. The third-order valence-electron chi connectivity index (χ3n) is 3.67. The Morgan fingerprint density at radius 3 is 2.90 bits per heavy atom. The molecule has 2 aromatic rings. The van der Waals surface area contributed by atoms with Crippen molar-refractivity contribution in [1.29, 1.82) is 0 Å². The number of ether oxygens (including phenoxy) is 2. The standard InChI is InChI=1S/C17H16BrClO2/c18-10-12-5-6-17(15(19)9-12)21-11-13-7-8-20-16-4-2-1-3-14(13)16/h1-6,9,13H,7-8,10-11H2. The van der Waals surface area contributed by atoms with E-state index in [0.717, 1.165) is 35.4 Å². The average Bonchev–Trinajstić information content (AvgIpc) is 2.53.